The molecule has 0 aliphatic carbocycles. The maximum absolute atomic E-state index is 12.3. The third-order valence-corrected chi connectivity index (χ3v) is 3.87. The first-order chi connectivity index (χ1) is 12.9. The van der Waals surface area contributed by atoms with E-state index in [9.17, 15) is 19.5 Å². The van der Waals surface area contributed by atoms with Gasteiger partial charge in [-0.15, -0.1) is 0 Å². The van der Waals surface area contributed by atoms with Gasteiger partial charge in [0.1, 0.15) is 5.75 Å². The third-order valence-electron chi connectivity index (χ3n) is 3.87. The molecule has 0 fully saturated rings. The molecule has 4 N–H and O–H groups in total. The maximum Gasteiger partial charge on any atom is 0.273 e. The van der Waals surface area contributed by atoms with E-state index in [0.717, 1.165) is 10.8 Å². The minimum Gasteiger partial charge on any atom is -0.507 e. The van der Waals surface area contributed by atoms with Crippen LogP contribution in [0.5, 0.6) is 5.75 Å². The van der Waals surface area contributed by atoms with Gasteiger partial charge in [0.25, 0.3) is 11.8 Å². The number of hydrogen-bond acceptors (Lipinski definition) is 4. The summed E-state index contributed by atoms with van der Waals surface area (Å²) in [7, 11) is 0. The monoisotopic (exact) mass is 363 g/mol. The van der Waals surface area contributed by atoms with Crippen LogP contribution < -0.4 is 16.2 Å². The van der Waals surface area contributed by atoms with Gasteiger partial charge in [0.15, 0.2) is 0 Å². The van der Waals surface area contributed by atoms with Gasteiger partial charge in [-0.2, -0.15) is 0 Å². The number of fused-ring (bicyclic) bond motifs is 1. The first-order valence-electron chi connectivity index (χ1n) is 8.14. The lowest BCUT2D eigenvalue weighted by Gasteiger charge is -2.10. The van der Waals surface area contributed by atoms with Crippen LogP contribution in [0.3, 0.4) is 0 Å². The van der Waals surface area contributed by atoms with Crippen molar-refractivity contribution in [1.82, 2.24) is 10.9 Å². The fourth-order valence-electron chi connectivity index (χ4n) is 2.57. The zero-order valence-corrected chi connectivity index (χ0v) is 14.4. The lowest BCUT2D eigenvalue weighted by molar-refractivity contribution is -0.114. The summed E-state index contributed by atoms with van der Waals surface area (Å²) in [5.41, 5.74) is 5.49. The molecule has 0 spiro atoms. The van der Waals surface area contributed by atoms with Gasteiger partial charge in [-0.05, 0) is 47.2 Å². The quantitative estimate of drug-likeness (QED) is 0.537. The SMILES string of the molecule is CC(=O)Nc1ccc(C(=O)NNC(=O)c2cc3ccccc3cc2O)cc1. The molecule has 136 valence electrons. The average Bonchev–Trinajstić information content (AvgIpc) is 2.65. The van der Waals surface area contributed by atoms with Crippen molar-refractivity contribution in [3.05, 3.63) is 71.8 Å². The number of phenolic OH excluding ortho intramolecular Hbond substituents is 1. The molecule has 0 atom stereocenters. The minimum atomic E-state index is -0.638. The lowest BCUT2D eigenvalue weighted by atomic mass is 10.1. The molecule has 0 heterocycles. The molecule has 0 saturated heterocycles. The molecule has 0 aromatic heterocycles. The maximum atomic E-state index is 12.3. The van der Waals surface area contributed by atoms with E-state index in [0.29, 0.717) is 11.3 Å². The number of nitrogens with one attached hydrogen (secondary N) is 3. The summed E-state index contributed by atoms with van der Waals surface area (Å²) in [5.74, 6) is -1.56. The van der Waals surface area contributed by atoms with Crippen LogP contribution in [0.4, 0.5) is 5.69 Å². The van der Waals surface area contributed by atoms with Crippen LogP contribution in [0.25, 0.3) is 10.8 Å². The highest BCUT2D eigenvalue weighted by molar-refractivity contribution is 6.03. The highest BCUT2D eigenvalue weighted by Gasteiger charge is 2.14. The van der Waals surface area contributed by atoms with Crippen LogP contribution in [0.1, 0.15) is 27.6 Å². The highest BCUT2D eigenvalue weighted by atomic mass is 16.3. The van der Waals surface area contributed by atoms with Crippen molar-refractivity contribution in [3.63, 3.8) is 0 Å². The predicted octanol–water partition coefficient (Wildman–Crippen LogP) is 2.58. The molecule has 0 unspecified atom stereocenters. The van der Waals surface area contributed by atoms with Crippen LogP contribution >= 0.6 is 0 Å². The van der Waals surface area contributed by atoms with Crippen LogP contribution in [0, 0.1) is 0 Å². The van der Waals surface area contributed by atoms with Crippen molar-refractivity contribution < 1.29 is 19.5 Å². The second-order valence-corrected chi connectivity index (χ2v) is 5.88. The van der Waals surface area contributed by atoms with Gasteiger partial charge in [-0.1, -0.05) is 24.3 Å². The molecule has 0 aliphatic rings. The molecule has 3 rings (SSSR count). The van der Waals surface area contributed by atoms with Crippen molar-refractivity contribution in [2.24, 2.45) is 0 Å². The topological polar surface area (TPSA) is 108 Å². The molecular formula is C20H17N3O4. The van der Waals surface area contributed by atoms with Crippen molar-refractivity contribution in [3.8, 4) is 5.75 Å². The molecule has 0 aliphatic heterocycles. The normalized spacial score (nSPS) is 10.3. The summed E-state index contributed by atoms with van der Waals surface area (Å²) in [6.07, 6.45) is 0. The number of aromatic hydroxyl groups is 1. The fraction of sp³-hybridized carbons (Fsp3) is 0.0500. The number of carbonyl (C=O) groups is 3. The average molecular weight is 363 g/mol. The van der Waals surface area contributed by atoms with Crippen molar-refractivity contribution in [2.75, 3.05) is 5.32 Å². The van der Waals surface area contributed by atoms with E-state index < -0.39 is 11.8 Å². The molecule has 7 nitrogen and oxygen atoms in total. The van der Waals surface area contributed by atoms with Gasteiger partial charge in [-0.3, -0.25) is 25.2 Å². The summed E-state index contributed by atoms with van der Waals surface area (Å²) < 4.78 is 0. The smallest absolute Gasteiger partial charge is 0.273 e. The summed E-state index contributed by atoms with van der Waals surface area (Å²) >= 11 is 0. The van der Waals surface area contributed by atoms with Crippen molar-refractivity contribution >= 4 is 34.2 Å². The number of hydrogen-bond donors (Lipinski definition) is 4. The van der Waals surface area contributed by atoms with E-state index in [1.807, 2.05) is 24.3 Å². The second kappa shape index (κ2) is 7.57. The molecule has 0 bridgehead atoms. The Kier molecular flexibility index (Phi) is 5.03. The van der Waals surface area contributed by atoms with Gasteiger partial charge in [0.2, 0.25) is 5.91 Å². The Morgan fingerprint density at radius 2 is 1.41 bits per heavy atom. The second-order valence-electron chi connectivity index (χ2n) is 5.88. The number of rotatable bonds is 3. The Hall–Kier alpha value is -3.87. The van der Waals surface area contributed by atoms with Gasteiger partial charge in [0, 0.05) is 18.2 Å². The fourth-order valence-corrected chi connectivity index (χ4v) is 2.57. The summed E-state index contributed by atoms with van der Waals surface area (Å²) in [5, 5.41) is 14.2. The van der Waals surface area contributed by atoms with E-state index in [1.54, 1.807) is 18.2 Å². The van der Waals surface area contributed by atoms with Crippen LogP contribution in [0.2, 0.25) is 0 Å². The first kappa shape index (κ1) is 17.9. The number of benzene rings is 3. The van der Waals surface area contributed by atoms with E-state index in [2.05, 4.69) is 16.2 Å². The standard InChI is InChI=1S/C20H17N3O4/c1-12(24)21-16-8-6-13(7-9-16)19(26)22-23-20(27)17-10-14-4-2-3-5-15(14)11-18(17)25/h2-11,25H,1H3,(H,21,24)(H,22,26)(H,23,27). The Morgan fingerprint density at radius 3 is 2.04 bits per heavy atom. The number of hydrazine groups is 1. The molecular weight excluding hydrogens is 346 g/mol. The predicted molar refractivity (Wildman–Crippen MR) is 101 cm³/mol. The third kappa shape index (κ3) is 4.21. The number of anilines is 1. The zero-order valence-electron chi connectivity index (χ0n) is 14.4. The molecule has 3 aromatic rings. The molecule has 27 heavy (non-hydrogen) atoms. The Balaban J connectivity index is 1.67. The van der Waals surface area contributed by atoms with E-state index >= 15 is 0 Å². The van der Waals surface area contributed by atoms with Crippen molar-refractivity contribution in [1.29, 1.82) is 0 Å². The summed E-state index contributed by atoms with van der Waals surface area (Å²) in [4.78, 5) is 35.4. The molecule has 3 amide bonds. The minimum absolute atomic E-state index is 0.0509. The highest BCUT2D eigenvalue weighted by Crippen LogP contribution is 2.24. The van der Waals surface area contributed by atoms with Gasteiger partial charge in [-0.25, -0.2) is 0 Å². The van der Waals surface area contributed by atoms with Gasteiger partial charge >= 0.3 is 0 Å². The summed E-state index contributed by atoms with van der Waals surface area (Å²) in [6.45, 7) is 1.39. The molecule has 0 saturated carbocycles. The lowest BCUT2D eigenvalue weighted by Crippen LogP contribution is -2.41. The van der Waals surface area contributed by atoms with Crippen molar-refractivity contribution in [2.45, 2.75) is 6.92 Å². The number of amides is 3. The van der Waals surface area contributed by atoms with Crippen LogP contribution in [-0.2, 0) is 4.79 Å². The Labute approximate surface area is 155 Å². The van der Waals surface area contributed by atoms with Crippen LogP contribution in [-0.4, -0.2) is 22.8 Å². The van der Waals surface area contributed by atoms with Crippen LogP contribution in [0.15, 0.2) is 60.7 Å². The molecule has 0 radical (unpaired) electrons. The molecule has 3 aromatic carbocycles. The van der Waals surface area contributed by atoms with E-state index in [4.69, 9.17) is 0 Å². The zero-order chi connectivity index (χ0) is 19.4. The first-order valence-corrected chi connectivity index (χ1v) is 8.14. The summed E-state index contributed by atoms with van der Waals surface area (Å²) in [6, 6.07) is 16.5. The van der Waals surface area contributed by atoms with E-state index in [-0.39, 0.29) is 17.2 Å². The van der Waals surface area contributed by atoms with Gasteiger partial charge < -0.3 is 10.4 Å². The Morgan fingerprint density at radius 1 is 0.815 bits per heavy atom. The van der Waals surface area contributed by atoms with E-state index in [1.165, 1.54) is 25.1 Å². The van der Waals surface area contributed by atoms with Gasteiger partial charge in [0.05, 0.1) is 5.56 Å². The number of phenols is 1. The Bertz CT molecular complexity index is 1030. The molecule has 7 heteroatoms. The number of carbonyl (C=O) groups excluding carboxylic acids is 3. The largest absolute Gasteiger partial charge is 0.507 e.